The van der Waals surface area contributed by atoms with E-state index in [0.717, 1.165) is 23.3 Å². The lowest BCUT2D eigenvalue weighted by Gasteiger charge is -2.45. The van der Waals surface area contributed by atoms with Crippen molar-refractivity contribution in [2.75, 3.05) is 13.2 Å². The van der Waals surface area contributed by atoms with Crippen molar-refractivity contribution in [3.05, 3.63) is 53.3 Å². The summed E-state index contributed by atoms with van der Waals surface area (Å²) in [5.74, 6) is -1.58. The van der Waals surface area contributed by atoms with Crippen LogP contribution >= 0.6 is 0 Å². The molecule has 0 spiro atoms. The van der Waals surface area contributed by atoms with E-state index in [4.69, 9.17) is 14.2 Å². The number of hydrogen-bond acceptors (Lipinski definition) is 9. The van der Waals surface area contributed by atoms with Crippen molar-refractivity contribution < 1.29 is 39.7 Å². The first-order chi connectivity index (χ1) is 16.3. The number of aliphatic hydroxyl groups is 5. The first kappa shape index (κ1) is 23.0. The SMILES string of the molecule is Cc1cc(O[C@]2(O)[C@@H](O)O[C@H](CO)[C@@H](O)[C@@H]2O)c2c(c1)ncn2CCc1ccc2c(c1)CCO2. The third kappa shape index (κ3) is 3.92. The van der Waals surface area contributed by atoms with Crippen LogP contribution in [0.5, 0.6) is 11.5 Å². The lowest BCUT2D eigenvalue weighted by Crippen LogP contribution is -2.69. The summed E-state index contributed by atoms with van der Waals surface area (Å²) in [6.45, 7) is 2.43. The van der Waals surface area contributed by atoms with Gasteiger partial charge in [0.05, 0.1) is 25.1 Å². The van der Waals surface area contributed by atoms with Gasteiger partial charge in [-0.3, -0.25) is 0 Å². The van der Waals surface area contributed by atoms with Gasteiger partial charge in [-0.25, -0.2) is 4.98 Å². The zero-order valence-corrected chi connectivity index (χ0v) is 18.7. The number of hydrogen-bond donors (Lipinski definition) is 5. The molecule has 3 heterocycles. The van der Waals surface area contributed by atoms with Crippen LogP contribution in [0.15, 0.2) is 36.7 Å². The Bertz CT molecular complexity index is 1200. The Morgan fingerprint density at radius 1 is 1.21 bits per heavy atom. The Labute approximate surface area is 195 Å². The van der Waals surface area contributed by atoms with E-state index in [9.17, 15) is 25.5 Å². The molecule has 2 aromatic carbocycles. The average molecular weight is 472 g/mol. The van der Waals surface area contributed by atoms with Crippen LogP contribution in [-0.4, -0.2) is 78.7 Å². The van der Waals surface area contributed by atoms with Crippen molar-refractivity contribution in [2.24, 2.45) is 0 Å². The Balaban J connectivity index is 1.44. The molecule has 1 saturated heterocycles. The minimum atomic E-state index is -2.67. The molecular weight excluding hydrogens is 444 g/mol. The van der Waals surface area contributed by atoms with Crippen molar-refractivity contribution in [3.63, 3.8) is 0 Å². The van der Waals surface area contributed by atoms with Gasteiger partial charge in [0.15, 0.2) is 6.10 Å². The standard InChI is InChI=1S/C24H28N2O8/c1-13-8-16-20(18(9-13)34-24(31)22(29)21(28)19(11-27)33-23(24)30)26(12-25-16)6-4-14-2-3-17-15(10-14)5-7-32-17/h2-3,8-10,12,19,21-23,27-31H,4-7,11H2,1H3/t19-,21-,22+,23+,24+/m1/s1. The number of benzene rings is 2. The molecule has 5 atom stereocenters. The van der Waals surface area contributed by atoms with Crippen LogP contribution in [-0.2, 0) is 24.1 Å². The maximum atomic E-state index is 11.0. The maximum absolute atomic E-state index is 11.0. The van der Waals surface area contributed by atoms with E-state index in [-0.39, 0.29) is 5.75 Å². The normalized spacial score (nSPS) is 28.6. The summed E-state index contributed by atoms with van der Waals surface area (Å²) in [5.41, 5.74) is 4.28. The van der Waals surface area contributed by atoms with Gasteiger partial charge in [-0.05, 0) is 48.2 Å². The third-order valence-corrected chi connectivity index (χ3v) is 6.46. The van der Waals surface area contributed by atoms with Gasteiger partial charge in [0.1, 0.15) is 29.2 Å². The Hall–Kier alpha value is -2.73. The van der Waals surface area contributed by atoms with Crippen molar-refractivity contribution in [3.8, 4) is 11.5 Å². The number of ether oxygens (including phenoxy) is 3. The summed E-state index contributed by atoms with van der Waals surface area (Å²) < 4.78 is 18.3. The summed E-state index contributed by atoms with van der Waals surface area (Å²) in [6, 6.07) is 9.65. The highest BCUT2D eigenvalue weighted by Gasteiger charge is 2.57. The molecule has 10 nitrogen and oxygen atoms in total. The Morgan fingerprint density at radius 2 is 2.03 bits per heavy atom. The van der Waals surface area contributed by atoms with Gasteiger partial charge in [0, 0.05) is 13.0 Å². The van der Waals surface area contributed by atoms with Crippen LogP contribution < -0.4 is 9.47 Å². The fraction of sp³-hybridized carbons (Fsp3) is 0.458. The number of aryl methyl sites for hydroxylation is 3. The first-order valence-electron chi connectivity index (χ1n) is 11.2. The Kier molecular flexibility index (Phi) is 5.96. The zero-order chi connectivity index (χ0) is 24.0. The van der Waals surface area contributed by atoms with Crippen molar-refractivity contribution in [1.82, 2.24) is 9.55 Å². The second-order valence-electron chi connectivity index (χ2n) is 8.86. The zero-order valence-electron chi connectivity index (χ0n) is 18.7. The lowest BCUT2D eigenvalue weighted by molar-refractivity contribution is -0.385. The van der Waals surface area contributed by atoms with Gasteiger partial charge in [-0.2, -0.15) is 0 Å². The monoisotopic (exact) mass is 472 g/mol. The molecule has 0 unspecified atom stereocenters. The Morgan fingerprint density at radius 3 is 2.82 bits per heavy atom. The quantitative estimate of drug-likeness (QED) is 0.313. The fourth-order valence-corrected chi connectivity index (χ4v) is 4.57. The van der Waals surface area contributed by atoms with Crippen LogP contribution in [0, 0.1) is 6.92 Å². The number of rotatable bonds is 6. The number of fused-ring (bicyclic) bond motifs is 2. The van der Waals surface area contributed by atoms with Crippen molar-refractivity contribution in [2.45, 2.75) is 56.7 Å². The van der Waals surface area contributed by atoms with Crippen molar-refractivity contribution in [1.29, 1.82) is 0 Å². The molecule has 0 amide bonds. The van der Waals surface area contributed by atoms with Gasteiger partial charge in [0.25, 0.3) is 5.79 Å². The average Bonchev–Trinajstić information content (AvgIpc) is 3.45. The molecule has 2 aliphatic rings. The molecule has 10 heteroatoms. The molecule has 3 aromatic rings. The maximum Gasteiger partial charge on any atom is 0.288 e. The third-order valence-electron chi connectivity index (χ3n) is 6.46. The molecular formula is C24H28N2O8. The van der Waals surface area contributed by atoms with Crippen molar-refractivity contribution >= 4 is 11.0 Å². The molecule has 0 radical (unpaired) electrons. The molecule has 1 aromatic heterocycles. The van der Waals surface area contributed by atoms with E-state index in [1.807, 2.05) is 29.7 Å². The van der Waals surface area contributed by atoms with Gasteiger partial charge >= 0.3 is 0 Å². The van der Waals surface area contributed by atoms with E-state index in [1.54, 1.807) is 12.4 Å². The smallest absolute Gasteiger partial charge is 0.288 e. The number of aromatic nitrogens is 2. The van der Waals surface area contributed by atoms with E-state index >= 15 is 0 Å². The molecule has 5 N–H and O–H groups in total. The van der Waals surface area contributed by atoms with E-state index in [2.05, 4.69) is 11.1 Å². The largest absolute Gasteiger partial charge is 0.493 e. The molecule has 0 bridgehead atoms. The second-order valence-corrected chi connectivity index (χ2v) is 8.86. The summed E-state index contributed by atoms with van der Waals surface area (Å²) in [4.78, 5) is 4.45. The predicted molar refractivity (Wildman–Crippen MR) is 119 cm³/mol. The number of nitrogens with zero attached hydrogens (tertiary/aromatic N) is 2. The van der Waals surface area contributed by atoms with Crippen LogP contribution in [0.2, 0.25) is 0 Å². The van der Waals surface area contributed by atoms with Crippen LogP contribution in [0.4, 0.5) is 0 Å². The molecule has 34 heavy (non-hydrogen) atoms. The lowest BCUT2D eigenvalue weighted by atomic mass is 9.96. The van der Waals surface area contributed by atoms with Gasteiger partial charge in [-0.15, -0.1) is 0 Å². The summed E-state index contributed by atoms with van der Waals surface area (Å²) in [6.07, 6.45) is -3.62. The van der Waals surface area contributed by atoms with Crippen LogP contribution in [0.3, 0.4) is 0 Å². The topological polar surface area (TPSA) is 147 Å². The highest BCUT2D eigenvalue weighted by molar-refractivity contribution is 5.83. The summed E-state index contributed by atoms with van der Waals surface area (Å²) in [7, 11) is 0. The molecule has 5 rings (SSSR count). The first-order valence-corrected chi connectivity index (χ1v) is 11.2. The molecule has 182 valence electrons. The van der Waals surface area contributed by atoms with Gasteiger partial charge in [0.2, 0.25) is 6.29 Å². The minimum absolute atomic E-state index is 0.161. The highest BCUT2D eigenvalue weighted by atomic mass is 16.7. The number of aliphatic hydroxyl groups excluding tert-OH is 4. The molecule has 2 aliphatic heterocycles. The summed E-state index contributed by atoms with van der Waals surface area (Å²) in [5, 5.41) is 51.4. The van der Waals surface area contributed by atoms with Gasteiger partial charge in [-0.1, -0.05) is 12.1 Å². The summed E-state index contributed by atoms with van der Waals surface area (Å²) >= 11 is 0. The minimum Gasteiger partial charge on any atom is -0.493 e. The molecule has 1 fully saturated rings. The van der Waals surface area contributed by atoms with Gasteiger partial charge < -0.3 is 44.3 Å². The van der Waals surface area contributed by atoms with Crippen LogP contribution in [0.1, 0.15) is 16.7 Å². The predicted octanol–water partition coefficient (Wildman–Crippen LogP) is 0.0210. The van der Waals surface area contributed by atoms with E-state index < -0.39 is 37.0 Å². The fourth-order valence-electron chi connectivity index (χ4n) is 4.57. The van der Waals surface area contributed by atoms with E-state index in [1.165, 1.54) is 5.56 Å². The molecule has 0 saturated carbocycles. The van der Waals surface area contributed by atoms with Crippen LogP contribution in [0.25, 0.3) is 11.0 Å². The molecule has 0 aliphatic carbocycles. The second kappa shape index (κ2) is 8.81. The van der Waals surface area contributed by atoms with E-state index in [0.29, 0.717) is 30.6 Å². The highest BCUT2D eigenvalue weighted by Crippen LogP contribution is 2.36. The number of imidazole rings is 1.